The monoisotopic (exact) mass is 696 g/mol. The van der Waals surface area contributed by atoms with Gasteiger partial charge in [0.1, 0.15) is 30.3 Å². The third-order valence-corrected chi connectivity index (χ3v) is 8.91. The van der Waals surface area contributed by atoms with E-state index in [0.717, 1.165) is 47.6 Å². The highest BCUT2D eigenvalue weighted by Gasteiger charge is 2.37. The van der Waals surface area contributed by atoms with Crippen molar-refractivity contribution >= 4 is 67.1 Å². The first-order chi connectivity index (χ1) is 23.4. The Kier molecular flexibility index (Phi) is 8.48. The van der Waals surface area contributed by atoms with Crippen molar-refractivity contribution < 1.29 is 23.9 Å². The fourth-order valence-electron chi connectivity index (χ4n) is 5.81. The molecule has 7 nitrogen and oxygen atoms in total. The van der Waals surface area contributed by atoms with Gasteiger partial charge in [0.15, 0.2) is 0 Å². The summed E-state index contributed by atoms with van der Waals surface area (Å²) in [6.45, 7) is 2.68. The molecule has 0 atom stereocenters. The highest BCUT2D eigenvalue weighted by Crippen LogP contribution is 2.34. The maximum atomic E-state index is 13.9. The molecule has 236 valence electrons. The smallest absolute Gasteiger partial charge is 0.335 e. The summed E-state index contributed by atoms with van der Waals surface area (Å²) in [6.07, 6.45) is 1.51. The minimum absolute atomic E-state index is 0.187. The van der Waals surface area contributed by atoms with Crippen molar-refractivity contribution in [2.75, 3.05) is 4.90 Å². The Morgan fingerprint density at radius 1 is 0.708 bits per heavy atom. The lowest BCUT2D eigenvalue weighted by Crippen LogP contribution is -2.54. The molecule has 0 aliphatic carbocycles. The summed E-state index contributed by atoms with van der Waals surface area (Å²) in [5.41, 5.74) is 3.81. The first kappa shape index (κ1) is 30.9. The van der Waals surface area contributed by atoms with Crippen molar-refractivity contribution in [2.45, 2.75) is 20.1 Å². The van der Waals surface area contributed by atoms with Crippen LogP contribution in [0, 0.1) is 6.92 Å². The van der Waals surface area contributed by atoms with Crippen LogP contribution in [0.2, 0.25) is 0 Å². The van der Waals surface area contributed by atoms with Crippen molar-refractivity contribution in [3.05, 3.63) is 154 Å². The van der Waals surface area contributed by atoms with E-state index in [0.29, 0.717) is 29.4 Å². The van der Waals surface area contributed by atoms with Crippen LogP contribution in [0.3, 0.4) is 0 Å². The summed E-state index contributed by atoms with van der Waals surface area (Å²) >= 11 is 3.43. The van der Waals surface area contributed by atoms with Gasteiger partial charge in [0.05, 0.1) is 5.69 Å². The third-order valence-electron chi connectivity index (χ3n) is 8.38. The molecule has 0 radical (unpaired) electrons. The van der Waals surface area contributed by atoms with Crippen LogP contribution >= 0.6 is 15.9 Å². The number of nitrogens with zero attached hydrogens (tertiary/aromatic N) is 1. The first-order valence-corrected chi connectivity index (χ1v) is 16.2. The van der Waals surface area contributed by atoms with Gasteiger partial charge in [-0.3, -0.25) is 14.9 Å². The topological polar surface area (TPSA) is 84.9 Å². The zero-order valence-corrected chi connectivity index (χ0v) is 27.5. The summed E-state index contributed by atoms with van der Waals surface area (Å²) in [5.74, 6) is -0.447. The zero-order chi connectivity index (χ0) is 33.2. The van der Waals surface area contributed by atoms with E-state index in [1.807, 2.05) is 79.7 Å². The fraction of sp³-hybridized carbons (Fsp3) is 0.0750. The largest absolute Gasteiger partial charge is 0.489 e. The number of anilines is 1. The van der Waals surface area contributed by atoms with Gasteiger partial charge in [-0.1, -0.05) is 94.8 Å². The van der Waals surface area contributed by atoms with E-state index in [1.165, 1.54) is 6.08 Å². The molecule has 8 heteroatoms. The number of amides is 4. The molecule has 0 aromatic heterocycles. The number of barbiturate groups is 1. The molecule has 1 N–H and O–H groups in total. The number of aryl methyl sites for hydroxylation is 1. The fourth-order valence-corrected chi connectivity index (χ4v) is 6.08. The van der Waals surface area contributed by atoms with Gasteiger partial charge in [0, 0.05) is 15.6 Å². The lowest BCUT2D eigenvalue weighted by Gasteiger charge is -2.26. The van der Waals surface area contributed by atoms with E-state index in [1.54, 1.807) is 24.3 Å². The predicted octanol–water partition coefficient (Wildman–Crippen LogP) is 8.89. The van der Waals surface area contributed by atoms with Gasteiger partial charge in [-0.25, -0.2) is 9.69 Å². The molecule has 4 amide bonds. The average Bonchev–Trinajstić information content (AvgIpc) is 3.10. The number of hydrogen-bond acceptors (Lipinski definition) is 5. The van der Waals surface area contributed by atoms with Gasteiger partial charge >= 0.3 is 6.03 Å². The van der Waals surface area contributed by atoms with E-state index >= 15 is 0 Å². The average molecular weight is 698 g/mol. The quantitative estimate of drug-likeness (QED) is 0.127. The number of imide groups is 2. The molecule has 1 heterocycles. The molecule has 0 bridgehead atoms. The third kappa shape index (κ3) is 6.18. The van der Waals surface area contributed by atoms with Gasteiger partial charge in [-0.05, 0) is 88.1 Å². The summed E-state index contributed by atoms with van der Waals surface area (Å²) in [6, 6.07) is 37.3. The number of carbonyl (C=O) groups excluding carboxylic acids is 3. The van der Waals surface area contributed by atoms with Crippen LogP contribution in [0.15, 0.2) is 131 Å². The van der Waals surface area contributed by atoms with Crippen LogP contribution in [-0.4, -0.2) is 17.8 Å². The molecule has 1 aliphatic rings. The minimum Gasteiger partial charge on any atom is -0.489 e. The molecule has 7 rings (SSSR count). The number of fused-ring (bicyclic) bond motifs is 2. The Hall–Kier alpha value is -5.73. The van der Waals surface area contributed by atoms with Gasteiger partial charge in [0.2, 0.25) is 0 Å². The molecule has 6 aromatic carbocycles. The second-order valence-corrected chi connectivity index (χ2v) is 12.4. The molecule has 1 saturated heterocycles. The van der Waals surface area contributed by atoms with E-state index in [2.05, 4.69) is 45.5 Å². The Morgan fingerprint density at radius 3 is 2.12 bits per heavy atom. The maximum absolute atomic E-state index is 13.9. The van der Waals surface area contributed by atoms with E-state index in [4.69, 9.17) is 9.47 Å². The molecular weight excluding hydrogens is 668 g/mol. The highest BCUT2D eigenvalue weighted by molar-refractivity contribution is 9.10. The number of benzene rings is 6. The number of halogens is 1. The Bertz CT molecular complexity index is 2240. The van der Waals surface area contributed by atoms with E-state index in [-0.39, 0.29) is 12.2 Å². The van der Waals surface area contributed by atoms with Crippen molar-refractivity contribution in [2.24, 2.45) is 0 Å². The summed E-state index contributed by atoms with van der Waals surface area (Å²) in [4.78, 5) is 41.0. The normalized spacial score (nSPS) is 14.1. The predicted molar refractivity (Wildman–Crippen MR) is 191 cm³/mol. The van der Waals surface area contributed by atoms with Crippen LogP contribution in [0.5, 0.6) is 11.5 Å². The van der Waals surface area contributed by atoms with Crippen LogP contribution in [0.1, 0.15) is 22.3 Å². The molecule has 48 heavy (non-hydrogen) atoms. The minimum atomic E-state index is -0.827. The maximum Gasteiger partial charge on any atom is 0.335 e. The van der Waals surface area contributed by atoms with Crippen LogP contribution in [0.25, 0.3) is 27.6 Å². The second-order valence-electron chi connectivity index (χ2n) is 11.4. The van der Waals surface area contributed by atoms with Gasteiger partial charge < -0.3 is 9.47 Å². The lowest BCUT2D eigenvalue weighted by molar-refractivity contribution is -0.122. The first-order valence-electron chi connectivity index (χ1n) is 15.4. The SMILES string of the molecule is Cc1ccc2ccccc2c1COc1ccc2ccccc2c1/C=C1\C(=O)NC(=O)N(c2ccc(OCc3ccc(Br)cc3)cc2)C1=O. The Balaban J connectivity index is 1.19. The molecule has 0 saturated carbocycles. The Labute approximate surface area is 285 Å². The van der Waals surface area contributed by atoms with Gasteiger partial charge in [-0.15, -0.1) is 0 Å². The molecular formula is C40H29BrN2O5. The van der Waals surface area contributed by atoms with Crippen LogP contribution in [0.4, 0.5) is 10.5 Å². The zero-order valence-electron chi connectivity index (χ0n) is 25.9. The summed E-state index contributed by atoms with van der Waals surface area (Å²) in [7, 11) is 0. The summed E-state index contributed by atoms with van der Waals surface area (Å²) in [5, 5.41) is 6.25. The number of urea groups is 1. The van der Waals surface area contributed by atoms with Crippen molar-refractivity contribution in [3.63, 3.8) is 0 Å². The van der Waals surface area contributed by atoms with Crippen LogP contribution in [-0.2, 0) is 22.8 Å². The number of rotatable bonds is 8. The van der Waals surface area contributed by atoms with Gasteiger partial charge in [-0.2, -0.15) is 0 Å². The molecule has 0 unspecified atom stereocenters. The van der Waals surface area contributed by atoms with E-state index in [9.17, 15) is 14.4 Å². The molecule has 6 aromatic rings. The standard InChI is InChI=1S/C40H29BrN2O5/c1-25-10-13-27-6-3-5-9-33(27)36(25)24-48-37-21-14-28-7-2-4-8-32(28)34(37)22-35-38(44)42-40(46)43(39(35)45)30-17-19-31(20-18-30)47-23-26-11-15-29(41)16-12-26/h2-22H,23-24H2,1H3,(H,42,44,46)/b35-22+. The van der Waals surface area contributed by atoms with Crippen molar-refractivity contribution in [1.29, 1.82) is 0 Å². The summed E-state index contributed by atoms with van der Waals surface area (Å²) < 4.78 is 13.3. The Morgan fingerprint density at radius 2 is 1.38 bits per heavy atom. The lowest BCUT2D eigenvalue weighted by atomic mass is 9.99. The van der Waals surface area contributed by atoms with E-state index < -0.39 is 17.8 Å². The number of carbonyl (C=O) groups is 3. The number of hydrogen-bond donors (Lipinski definition) is 1. The van der Waals surface area contributed by atoms with Crippen molar-refractivity contribution in [1.82, 2.24) is 5.32 Å². The second kappa shape index (κ2) is 13.2. The molecule has 1 aliphatic heterocycles. The van der Waals surface area contributed by atoms with Gasteiger partial charge in [0.25, 0.3) is 11.8 Å². The highest BCUT2D eigenvalue weighted by atomic mass is 79.9. The molecule has 0 spiro atoms. The van der Waals surface area contributed by atoms with Crippen LogP contribution < -0.4 is 19.7 Å². The number of nitrogens with one attached hydrogen (secondary N) is 1. The molecule has 1 fully saturated rings. The van der Waals surface area contributed by atoms with Crippen molar-refractivity contribution in [3.8, 4) is 11.5 Å². The number of ether oxygens (including phenoxy) is 2.